The molecule has 3 heteroatoms. The molecular formula is C44H26N2O. The topological polar surface area (TPSA) is 38.9 Å². The average Bonchev–Trinajstić information content (AvgIpc) is 3.51. The molecule has 0 radical (unpaired) electrons. The molecule has 8 aromatic carbocycles. The molecule has 218 valence electrons. The molecule has 47 heavy (non-hydrogen) atoms. The molecule has 0 aliphatic heterocycles. The van der Waals surface area contributed by atoms with Crippen LogP contribution in [0.25, 0.3) is 98.7 Å². The normalized spacial score (nSPS) is 11.8. The van der Waals surface area contributed by atoms with Crippen LogP contribution >= 0.6 is 0 Å². The summed E-state index contributed by atoms with van der Waals surface area (Å²) in [7, 11) is 0. The lowest BCUT2D eigenvalue weighted by Crippen LogP contribution is -1.93. The van der Waals surface area contributed by atoms with Crippen molar-refractivity contribution in [1.82, 2.24) is 9.97 Å². The minimum Gasteiger partial charge on any atom is -0.436 e. The summed E-state index contributed by atoms with van der Waals surface area (Å²) in [6.07, 6.45) is 3.38. The van der Waals surface area contributed by atoms with E-state index in [1.807, 2.05) is 6.07 Å². The monoisotopic (exact) mass is 598 g/mol. The second kappa shape index (κ2) is 10.1. The van der Waals surface area contributed by atoms with Crippen molar-refractivity contribution in [2.24, 2.45) is 0 Å². The second-order valence-corrected chi connectivity index (χ2v) is 12.1. The molecule has 3 nitrogen and oxygen atoms in total. The van der Waals surface area contributed by atoms with Gasteiger partial charge in [-0.2, -0.15) is 0 Å². The van der Waals surface area contributed by atoms with Gasteiger partial charge in [-0.05, 0) is 88.6 Å². The van der Waals surface area contributed by atoms with Gasteiger partial charge in [-0.15, -0.1) is 0 Å². The number of rotatable bonds is 3. The van der Waals surface area contributed by atoms with Crippen molar-refractivity contribution in [3.63, 3.8) is 0 Å². The number of nitrogens with zero attached hydrogens (tertiary/aromatic N) is 2. The Morgan fingerprint density at radius 1 is 0.383 bits per heavy atom. The van der Waals surface area contributed by atoms with Crippen molar-refractivity contribution in [2.75, 3.05) is 0 Å². The Kier molecular flexibility index (Phi) is 5.57. The molecule has 0 aliphatic carbocycles. The molecule has 0 fully saturated rings. The predicted molar refractivity (Wildman–Crippen MR) is 196 cm³/mol. The van der Waals surface area contributed by atoms with Crippen molar-refractivity contribution in [3.05, 3.63) is 158 Å². The molecule has 0 N–H and O–H groups in total. The van der Waals surface area contributed by atoms with Crippen LogP contribution < -0.4 is 0 Å². The number of fused-ring (bicyclic) bond motifs is 7. The maximum Gasteiger partial charge on any atom is 0.246 e. The number of hydrogen-bond donors (Lipinski definition) is 0. The summed E-state index contributed by atoms with van der Waals surface area (Å²) in [6, 6.07) is 52.8. The third kappa shape index (κ3) is 3.87. The fraction of sp³-hybridized carbons (Fsp3) is 0. The lowest BCUT2D eigenvalue weighted by Gasteiger charge is -2.20. The standard InChI is InChI=1S/C44H26N2O/c1-2-12-29-27(10-1)11-9-19-33(29)41-34-15-5-7-17-36(34)42(37-18-8-6-16-35(37)41)38-22-21-30(31-13-3-4-14-32(31)38)28-20-23-40-39(26-28)43-44(47-40)46-25-24-45-43/h1-26H. The van der Waals surface area contributed by atoms with E-state index in [0.29, 0.717) is 5.71 Å². The van der Waals surface area contributed by atoms with Crippen LogP contribution in [-0.2, 0) is 0 Å². The Morgan fingerprint density at radius 3 is 1.62 bits per heavy atom. The maximum absolute atomic E-state index is 5.98. The van der Waals surface area contributed by atoms with Crippen molar-refractivity contribution >= 4 is 65.3 Å². The molecule has 0 unspecified atom stereocenters. The first-order valence-electron chi connectivity index (χ1n) is 15.9. The van der Waals surface area contributed by atoms with Crippen molar-refractivity contribution in [2.45, 2.75) is 0 Å². The number of furan rings is 1. The molecule has 0 amide bonds. The zero-order valence-electron chi connectivity index (χ0n) is 25.3. The smallest absolute Gasteiger partial charge is 0.246 e. The Bertz CT molecular complexity index is 2800. The summed E-state index contributed by atoms with van der Waals surface area (Å²) < 4.78 is 5.98. The summed E-state index contributed by atoms with van der Waals surface area (Å²) in [4.78, 5) is 8.94. The van der Waals surface area contributed by atoms with E-state index in [9.17, 15) is 0 Å². The van der Waals surface area contributed by atoms with Gasteiger partial charge in [0.2, 0.25) is 5.71 Å². The van der Waals surface area contributed by atoms with Crippen molar-refractivity contribution < 1.29 is 4.42 Å². The van der Waals surface area contributed by atoms with Crippen molar-refractivity contribution in [3.8, 4) is 33.4 Å². The molecule has 0 atom stereocenters. The first-order chi connectivity index (χ1) is 23.3. The Labute approximate surface area is 270 Å². The van der Waals surface area contributed by atoms with Crippen LogP contribution in [0, 0.1) is 0 Å². The van der Waals surface area contributed by atoms with Crippen LogP contribution in [-0.4, -0.2) is 9.97 Å². The van der Waals surface area contributed by atoms with Gasteiger partial charge in [-0.25, -0.2) is 9.97 Å². The minimum absolute atomic E-state index is 0.561. The second-order valence-electron chi connectivity index (χ2n) is 12.1. The summed E-state index contributed by atoms with van der Waals surface area (Å²) in [5.41, 5.74) is 9.45. The SMILES string of the molecule is c1ccc2c(-c3c4ccccc4c(-c4ccc(-c5ccc6oc7nccnc7c6c5)c5ccccc45)c4ccccc34)cccc2c1. The lowest BCUT2D eigenvalue weighted by atomic mass is 9.83. The average molecular weight is 599 g/mol. The Hall–Kier alpha value is -6.32. The van der Waals surface area contributed by atoms with Gasteiger partial charge < -0.3 is 4.42 Å². The summed E-state index contributed by atoms with van der Waals surface area (Å²) in [6.45, 7) is 0. The highest BCUT2D eigenvalue weighted by atomic mass is 16.3. The zero-order valence-corrected chi connectivity index (χ0v) is 25.3. The number of hydrogen-bond acceptors (Lipinski definition) is 3. The quantitative estimate of drug-likeness (QED) is 0.190. The van der Waals surface area contributed by atoms with Crippen LogP contribution in [0.2, 0.25) is 0 Å². The molecule has 0 bridgehead atoms. The third-order valence-corrected chi connectivity index (χ3v) is 9.60. The van der Waals surface area contributed by atoms with Crippen LogP contribution in [0.4, 0.5) is 0 Å². The summed E-state index contributed by atoms with van der Waals surface area (Å²) >= 11 is 0. The van der Waals surface area contributed by atoms with Gasteiger partial charge in [-0.1, -0.05) is 133 Å². The van der Waals surface area contributed by atoms with E-state index in [1.165, 1.54) is 70.9 Å². The van der Waals surface area contributed by atoms with Gasteiger partial charge in [0.15, 0.2) is 0 Å². The Balaban J connectivity index is 1.27. The van der Waals surface area contributed by atoms with E-state index in [0.717, 1.165) is 22.0 Å². The van der Waals surface area contributed by atoms with E-state index in [4.69, 9.17) is 4.42 Å². The number of benzene rings is 8. The van der Waals surface area contributed by atoms with E-state index in [-0.39, 0.29) is 0 Å². The molecule has 0 saturated heterocycles. The first kappa shape index (κ1) is 26.0. The zero-order chi connectivity index (χ0) is 30.9. The fourth-order valence-electron chi connectivity index (χ4n) is 7.58. The lowest BCUT2D eigenvalue weighted by molar-refractivity contribution is 0.653. The largest absolute Gasteiger partial charge is 0.436 e. The van der Waals surface area contributed by atoms with E-state index in [1.54, 1.807) is 12.4 Å². The van der Waals surface area contributed by atoms with Gasteiger partial charge in [0.05, 0.1) is 0 Å². The van der Waals surface area contributed by atoms with Crippen LogP contribution in [0.3, 0.4) is 0 Å². The molecule has 10 aromatic rings. The van der Waals surface area contributed by atoms with Crippen LogP contribution in [0.15, 0.2) is 162 Å². The predicted octanol–water partition coefficient (Wildman–Crippen LogP) is 12.0. The Morgan fingerprint density at radius 2 is 0.915 bits per heavy atom. The van der Waals surface area contributed by atoms with Gasteiger partial charge in [0.1, 0.15) is 11.1 Å². The first-order valence-corrected chi connectivity index (χ1v) is 15.9. The van der Waals surface area contributed by atoms with Crippen LogP contribution in [0.1, 0.15) is 0 Å². The molecule has 0 spiro atoms. The summed E-state index contributed by atoms with van der Waals surface area (Å²) in [5.74, 6) is 0. The van der Waals surface area contributed by atoms with E-state index in [2.05, 4.69) is 149 Å². The minimum atomic E-state index is 0.561. The highest BCUT2D eigenvalue weighted by Gasteiger charge is 2.20. The fourth-order valence-corrected chi connectivity index (χ4v) is 7.58. The molecule has 2 heterocycles. The van der Waals surface area contributed by atoms with Crippen molar-refractivity contribution in [1.29, 1.82) is 0 Å². The highest BCUT2D eigenvalue weighted by molar-refractivity contribution is 6.25. The van der Waals surface area contributed by atoms with E-state index < -0.39 is 0 Å². The molecule has 2 aromatic heterocycles. The van der Waals surface area contributed by atoms with Gasteiger partial charge in [0.25, 0.3) is 0 Å². The number of aromatic nitrogens is 2. The van der Waals surface area contributed by atoms with Gasteiger partial charge in [0, 0.05) is 17.8 Å². The van der Waals surface area contributed by atoms with Crippen LogP contribution in [0.5, 0.6) is 0 Å². The molecule has 10 rings (SSSR count). The summed E-state index contributed by atoms with van der Waals surface area (Å²) in [5, 5.41) is 10.9. The maximum atomic E-state index is 5.98. The van der Waals surface area contributed by atoms with Gasteiger partial charge >= 0.3 is 0 Å². The highest BCUT2D eigenvalue weighted by Crippen LogP contribution is 2.47. The van der Waals surface area contributed by atoms with Gasteiger partial charge in [-0.3, -0.25) is 0 Å². The third-order valence-electron chi connectivity index (χ3n) is 9.60. The molecule has 0 saturated carbocycles. The molecule has 0 aliphatic rings. The molecular weight excluding hydrogens is 572 g/mol. The van der Waals surface area contributed by atoms with E-state index >= 15 is 0 Å².